The minimum absolute atomic E-state index is 0.0860. The molecule has 1 aromatic rings. The molecule has 1 amide bonds. The van der Waals surface area contributed by atoms with E-state index < -0.39 is 6.09 Å². The SMILES string of the molecule is NCc1ccncc1OC[C@H]1CCCCN1C(=O)O. The maximum atomic E-state index is 11.1. The van der Waals surface area contributed by atoms with E-state index in [4.69, 9.17) is 15.6 Å². The predicted molar refractivity (Wildman–Crippen MR) is 70.0 cm³/mol. The van der Waals surface area contributed by atoms with Gasteiger partial charge in [-0.3, -0.25) is 4.98 Å². The summed E-state index contributed by atoms with van der Waals surface area (Å²) in [4.78, 5) is 16.6. The molecule has 0 radical (unpaired) electrons. The summed E-state index contributed by atoms with van der Waals surface area (Å²) >= 11 is 0. The molecule has 0 saturated carbocycles. The monoisotopic (exact) mass is 265 g/mol. The van der Waals surface area contributed by atoms with Crippen molar-refractivity contribution < 1.29 is 14.6 Å². The van der Waals surface area contributed by atoms with Crippen molar-refractivity contribution in [3.05, 3.63) is 24.0 Å². The van der Waals surface area contributed by atoms with Gasteiger partial charge < -0.3 is 20.5 Å². The van der Waals surface area contributed by atoms with Gasteiger partial charge in [0, 0.05) is 24.8 Å². The zero-order valence-corrected chi connectivity index (χ0v) is 10.8. The number of aromatic nitrogens is 1. The minimum atomic E-state index is -0.876. The van der Waals surface area contributed by atoms with E-state index in [1.54, 1.807) is 12.4 Å². The highest BCUT2D eigenvalue weighted by Gasteiger charge is 2.26. The zero-order chi connectivity index (χ0) is 13.7. The first-order chi connectivity index (χ1) is 9.22. The molecule has 2 heterocycles. The third-order valence-electron chi connectivity index (χ3n) is 3.39. The molecular formula is C13H19N3O3. The van der Waals surface area contributed by atoms with E-state index in [9.17, 15) is 4.79 Å². The van der Waals surface area contributed by atoms with Gasteiger partial charge in [-0.25, -0.2) is 4.79 Å². The van der Waals surface area contributed by atoms with Crippen molar-refractivity contribution in [2.75, 3.05) is 13.2 Å². The number of hydrogen-bond acceptors (Lipinski definition) is 4. The Kier molecular flexibility index (Phi) is 4.57. The van der Waals surface area contributed by atoms with Gasteiger partial charge >= 0.3 is 6.09 Å². The molecule has 104 valence electrons. The minimum Gasteiger partial charge on any atom is -0.489 e. The van der Waals surface area contributed by atoms with E-state index in [1.165, 1.54) is 4.90 Å². The smallest absolute Gasteiger partial charge is 0.407 e. The first kappa shape index (κ1) is 13.6. The Balaban J connectivity index is 1.98. The summed E-state index contributed by atoms with van der Waals surface area (Å²) in [7, 11) is 0. The molecule has 0 bridgehead atoms. The van der Waals surface area contributed by atoms with Crippen LogP contribution in [0.3, 0.4) is 0 Å². The lowest BCUT2D eigenvalue weighted by Crippen LogP contribution is -2.46. The van der Waals surface area contributed by atoms with Gasteiger partial charge in [-0.2, -0.15) is 0 Å². The van der Waals surface area contributed by atoms with Crippen molar-refractivity contribution >= 4 is 6.09 Å². The second-order valence-corrected chi connectivity index (χ2v) is 4.62. The predicted octanol–water partition coefficient (Wildman–Crippen LogP) is 1.45. The van der Waals surface area contributed by atoms with Gasteiger partial charge in [-0.15, -0.1) is 0 Å². The Hall–Kier alpha value is -1.82. The first-order valence-corrected chi connectivity index (χ1v) is 6.47. The van der Waals surface area contributed by atoms with Gasteiger partial charge in [-0.1, -0.05) is 0 Å². The molecular weight excluding hydrogens is 246 g/mol. The Bertz CT molecular complexity index is 439. The Morgan fingerprint density at radius 2 is 2.42 bits per heavy atom. The summed E-state index contributed by atoms with van der Waals surface area (Å²) in [6.45, 7) is 1.32. The van der Waals surface area contributed by atoms with Crippen LogP contribution in [0.25, 0.3) is 0 Å². The molecule has 1 fully saturated rings. The standard InChI is InChI=1S/C13H19N3O3/c14-7-10-4-5-15-8-12(10)19-9-11-3-1-2-6-16(11)13(17)18/h4-5,8,11H,1-3,6-7,9,14H2,(H,17,18)/t11-/m1/s1. The van der Waals surface area contributed by atoms with Crippen LogP contribution < -0.4 is 10.5 Å². The average Bonchev–Trinajstić information content (AvgIpc) is 2.45. The van der Waals surface area contributed by atoms with E-state index in [-0.39, 0.29) is 6.04 Å². The van der Waals surface area contributed by atoms with Crippen LogP contribution in [-0.4, -0.2) is 40.3 Å². The second-order valence-electron chi connectivity index (χ2n) is 4.62. The molecule has 3 N–H and O–H groups in total. The third-order valence-corrected chi connectivity index (χ3v) is 3.39. The van der Waals surface area contributed by atoms with Crippen LogP contribution >= 0.6 is 0 Å². The lowest BCUT2D eigenvalue weighted by Gasteiger charge is -2.33. The number of nitrogens with two attached hydrogens (primary N) is 1. The fraction of sp³-hybridized carbons (Fsp3) is 0.538. The summed E-state index contributed by atoms with van der Waals surface area (Å²) < 4.78 is 5.70. The van der Waals surface area contributed by atoms with Crippen LogP contribution in [0.5, 0.6) is 5.75 Å². The lowest BCUT2D eigenvalue weighted by molar-refractivity contribution is 0.0834. The molecule has 0 aromatic carbocycles. The number of hydrogen-bond donors (Lipinski definition) is 2. The van der Waals surface area contributed by atoms with Gasteiger partial charge in [0.1, 0.15) is 12.4 Å². The summed E-state index contributed by atoms with van der Waals surface area (Å²) in [6, 6.07) is 1.72. The molecule has 6 nitrogen and oxygen atoms in total. The van der Waals surface area contributed by atoms with E-state index in [2.05, 4.69) is 4.98 Å². The molecule has 6 heteroatoms. The average molecular weight is 265 g/mol. The van der Waals surface area contributed by atoms with Gasteiger partial charge in [-0.05, 0) is 25.3 Å². The molecule has 0 unspecified atom stereocenters. The van der Waals surface area contributed by atoms with Crippen molar-refractivity contribution in [1.29, 1.82) is 0 Å². The fourth-order valence-corrected chi connectivity index (χ4v) is 2.32. The van der Waals surface area contributed by atoms with E-state index in [1.807, 2.05) is 6.07 Å². The fourth-order valence-electron chi connectivity index (χ4n) is 2.32. The maximum Gasteiger partial charge on any atom is 0.407 e. The van der Waals surface area contributed by atoms with Crippen LogP contribution in [0.1, 0.15) is 24.8 Å². The molecule has 1 aliphatic heterocycles. The number of carbonyl (C=O) groups is 1. The number of amides is 1. The highest BCUT2D eigenvalue weighted by Crippen LogP contribution is 2.20. The van der Waals surface area contributed by atoms with Crippen molar-refractivity contribution in [2.45, 2.75) is 31.8 Å². The van der Waals surface area contributed by atoms with Gasteiger partial charge in [0.05, 0.1) is 12.2 Å². The zero-order valence-electron chi connectivity index (χ0n) is 10.8. The molecule has 19 heavy (non-hydrogen) atoms. The first-order valence-electron chi connectivity index (χ1n) is 6.47. The van der Waals surface area contributed by atoms with Gasteiger partial charge in [0.2, 0.25) is 0 Å². The summed E-state index contributed by atoms with van der Waals surface area (Å²) in [5.41, 5.74) is 6.50. The second kappa shape index (κ2) is 6.38. The van der Waals surface area contributed by atoms with Crippen molar-refractivity contribution in [1.82, 2.24) is 9.88 Å². The topological polar surface area (TPSA) is 88.7 Å². The number of ether oxygens (including phenoxy) is 1. The third kappa shape index (κ3) is 3.35. The molecule has 0 aliphatic carbocycles. The molecule has 1 aliphatic rings. The number of nitrogens with zero attached hydrogens (tertiary/aromatic N) is 2. The molecule has 1 aromatic heterocycles. The molecule has 1 saturated heterocycles. The largest absolute Gasteiger partial charge is 0.489 e. The normalized spacial score (nSPS) is 19.2. The number of piperidine rings is 1. The van der Waals surface area contributed by atoms with Crippen molar-refractivity contribution in [3.63, 3.8) is 0 Å². The number of likely N-dealkylation sites (tertiary alicyclic amines) is 1. The highest BCUT2D eigenvalue weighted by molar-refractivity contribution is 5.65. The van der Waals surface area contributed by atoms with Crippen LogP contribution in [0.2, 0.25) is 0 Å². The number of carboxylic acid groups (broad SMARTS) is 1. The van der Waals surface area contributed by atoms with Crippen LogP contribution in [0, 0.1) is 0 Å². The van der Waals surface area contributed by atoms with Gasteiger partial charge in [0.15, 0.2) is 0 Å². The molecule has 1 atom stereocenters. The number of pyridine rings is 1. The summed E-state index contributed by atoms with van der Waals surface area (Å²) in [5.74, 6) is 0.640. The highest BCUT2D eigenvalue weighted by atomic mass is 16.5. The Morgan fingerprint density at radius 3 is 3.16 bits per heavy atom. The number of rotatable bonds is 4. The Labute approximate surface area is 112 Å². The quantitative estimate of drug-likeness (QED) is 0.860. The lowest BCUT2D eigenvalue weighted by atomic mass is 10.0. The van der Waals surface area contributed by atoms with E-state index in [0.717, 1.165) is 24.8 Å². The van der Waals surface area contributed by atoms with Crippen molar-refractivity contribution in [2.24, 2.45) is 5.73 Å². The molecule has 0 spiro atoms. The van der Waals surface area contributed by atoms with Crippen molar-refractivity contribution in [3.8, 4) is 5.75 Å². The van der Waals surface area contributed by atoms with Crippen LogP contribution in [0.4, 0.5) is 4.79 Å². The van der Waals surface area contributed by atoms with Crippen LogP contribution in [-0.2, 0) is 6.54 Å². The maximum absolute atomic E-state index is 11.1. The summed E-state index contributed by atoms with van der Waals surface area (Å²) in [6.07, 6.45) is 5.21. The van der Waals surface area contributed by atoms with Crippen LogP contribution in [0.15, 0.2) is 18.5 Å². The molecule has 2 rings (SSSR count). The summed E-state index contributed by atoms with van der Waals surface area (Å²) in [5, 5.41) is 9.14. The Morgan fingerprint density at radius 1 is 1.58 bits per heavy atom. The van der Waals surface area contributed by atoms with Gasteiger partial charge in [0.25, 0.3) is 0 Å². The van der Waals surface area contributed by atoms with E-state index >= 15 is 0 Å². The van der Waals surface area contributed by atoms with E-state index in [0.29, 0.717) is 25.4 Å².